The topological polar surface area (TPSA) is 58.6 Å². The molecule has 0 aliphatic carbocycles. The van der Waals surface area contributed by atoms with Gasteiger partial charge in [-0.05, 0) is 33.7 Å². The molecule has 1 N–H and O–H groups in total. The van der Waals surface area contributed by atoms with Gasteiger partial charge in [0.2, 0.25) is 5.91 Å². The summed E-state index contributed by atoms with van der Waals surface area (Å²) in [6.45, 7) is 8.41. The van der Waals surface area contributed by atoms with Crippen LogP contribution in [0, 0.1) is 0 Å². The van der Waals surface area contributed by atoms with Crippen LogP contribution in [0.5, 0.6) is 0 Å². The average Bonchev–Trinajstić information content (AvgIpc) is 3.04. The molecular formula is C41H82N2O3. The van der Waals surface area contributed by atoms with Crippen LogP contribution in [0.15, 0.2) is 0 Å². The zero-order valence-electron chi connectivity index (χ0n) is 32.0. The molecule has 0 rings (SSSR count). The van der Waals surface area contributed by atoms with E-state index in [-0.39, 0.29) is 24.3 Å². The molecule has 0 saturated heterocycles. The molecule has 0 aromatic rings. The maximum Gasteiger partial charge on any atom is 0.307 e. The predicted octanol–water partition coefficient (Wildman–Crippen LogP) is 12.8. The first-order valence-electron chi connectivity index (χ1n) is 20.6. The van der Waals surface area contributed by atoms with Gasteiger partial charge in [0.25, 0.3) is 0 Å². The molecule has 0 radical (unpaired) electrons. The first kappa shape index (κ1) is 44.9. The highest BCUT2D eigenvalue weighted by Crippen LogP contribution is 2.16. The van der Waals surface area contributed by atoms with Gasteiger partial charge in [-0.2, -0.15) is 0 Å². The Morgan fingerprint density at radius 2 is 0.761 bits per heavy atom. The molecular weight excluding hydrogens is 568 g/mol. The summed E-state index contributed by atoms with van der Waals surface area (Å²) < 4.78 is 5.66. The Morgan fingerprint density at radius 3 is 1.09 bits per heavy atom. The summed E-state index contributed by atoms with van der Waals surface area (Å²) in [5, 5.41) is 3.08. The maximum absolute atomic E-state index is 12.5. The lowest BCUT2D eigenvalue weighted by Crippen LogP contribution is -2.49. The molecule has 5 nitrogen and oxygen atoms in total. The quantitative estimate of drug-likeness (QED) is 0.0416. The van der Waals surface area contributed by atoms with E-state index in [0.717, 1.165) is 25.7 Å². The van der Waals surface area contributed by atoms with Crippen LogP contribution in [0.4, 0.5) is 0 Å². The Balaban J connectivity index is 3.62. The third kappa shape index (κ3) is 31.5. The minimum atomic E-state index is -0.357. The summed E-state index contributed by atoms with van der Waals surface area (Å²) in [7, 11) is 1.91. The van der Waals surface area contributed by atoms with Crippen molar-refractivity contribution in [1.82, 2.24) is 10.2 Å². The maximum atomic E-state index is 12.5. The second-order valence-electron chi connectivity index (χ2n) is 14.4. The number of hydrogen-bond donors (Lipinski definition) is 1. The van der Waals surface area contributed by atoms with E-state index < -0.39 is 0 Å². The van der Waals surface area contributed by atoms with Crippen LogP contribution in [-0.2, 0) is 14.3 Å². The molecule has 2 atom stereocenters. The normalized spacial score (nSPS) is 12.8. The summed E-state index contributed by atoms with van der Waals surface area (Å²) in [5.74, 6) is -0.0456. The lowest BCUT2D eigenvalue weighted by Gasteiger charge is -2.30. The first-order valence-corrected chi connectivity index (χ1v) is 20.6. The summed E-state index contributed by atoms with van der Waals surface area (Å²) in [4.78, 5) is 26.8. The van der Waals surface area contributed by atoms with Crippen LogP contribution in [-0.4, -0.2) is 36.2 Å². The highest BCUT2D eigenvalue weighted by atomic mass is 16.6. The number of nitrogens with zero attached hydrogens (tertiary/aromatic N) is 1. The van der Waals surface area contributed by atoms with Crippen molar-refractivity contribution in [2.75, 3.05) is 7.05 Å². The highest BCUT2D eigenvalue weighted by Gasteiger charge is 2.20. The number of nitrogens with one attached hydrogen (secondary N) is 1. The fourth-order valence-corrected chi connectivity index (χ4v) is 6.35. The van der Waals surface area contributed by atoms with Crippen LogP contribution < -0.4 is 5.32 Å². The van der Waals surface area contributed by atoms with Crippen molar-refractivity contribution in [3.05, 3.63) is 0 Å². The molecule has 0 bridgehead atoms. The Bertz CT molecular complexity index is 602. The number of rotatable bonds is 36. The Hall–Kier alpha value is -1.10. The van der Waals surface area contributed by atoms with Gasteiger partial charge in [0.15, 0.2) is 6.23 Å². The lowest BCUT2D eigenvalue weighted by molar-refractivity contribution is -0.158. The Labute approximate surface area is 288 Å². The smallest absolute Gasteiger partial charge is 0.307 e. The zero-order valence-corrected chi connectivity index (χ0v) is 32.0. The zero-order chi connectivity index (χ0) is 33.9. The fourth-order valence-electron chi connectivity index (χ4n) is 6.35. The van der Waals surface area contributed by atoms with E-state index in [0.29, 0.717) is 12.8 Å². The van der Waals surface area contributed by atoms with E-state index >= 15 is 0 Å². The lowest BCUT2D eigenvalue weighted by atomic mass is 10.0. The van der Waals surface area contributed by atoms with E-state index in [2.05, 4.69) is 19.2 Å². The number of esters is 1. The van der Waals surface area contributed by atoms with Gasteiger partial charge >= 0.3 is 5.97 Å². The van der Waals surface area contributed by atoms with Gasteiger partial charge in [-0.1, -0.05) is 194 Å². The van der Waals surface area contributed by atoms with E-state index in [1.807, 2.05) is 25.8 Å². The molecule has 46 heavy (non-hydrogen) atoms. The minimum Gasteiger partial charge on any atom is -0.447 e. The van der Waals surface area contributed by atoms with Crippen LogP contribution in [0.1, 0.15) is 233 Å². The fraction of sp³-hybridized carbons (Fsp3) is 0.951. The number of ether oxygens (including phenoxy) is 1. The van der Waals surface area contributed by atoms with Gasteiger partial charge < -0.3 is 10.1 Å². The van der Waals surface area contributed by atoms with E-state index in [1.165, 1.54) is 167 Å². The summed E-state index contributed by atoms with van der Waals surface area (Å²) >= 11 is 0. The van der Waals surface area contributed by atoms with Crippen molar-refractivity contribution in [2.24, 2.45) is 0 Å². The van der Waals surface area contributed by atoms with Crippen LogP contribution in [0.25, 0.3) is 0 Å². The van der Waals surface area contributed by atoms with E-state index in [4.69, 9.17) is 4.74 Å². The molecule has 2 unspecified atom stereocenters. The first-order chi connectivity index (χ1) is 22.4. The minimum absolute atomic E-state index is 0.0883. The third-order valence-corrected chi connectivity index (χ3v) is 9.85. The standard InChI is InChI=1S/C41H82N2O3/c1-6-8-10-12-14-16-18-20-22-24-26-28-30-32-34-36-40(44)42-38(3)43(5)39(4)46-41(45)37-35-33-31-29-27-25-23-21-19-17-15-13-11-9-7-2/h38-39H,6-37H2,1-5H3,(H,42,44). The van der Waals surface area contributed by atoms with Gasteiger partial charge in [0.05, 0.1) is 6.17 Å². The van der Waals surface area contributed by atoms with E-state index in [9.17, 15) is 9.59 Å². The van der Waals surface area contributed by atoms with Crippen molar-refractivity contribution < 1.29 is 14.3 Å². The van der Waals surface area contributed by atoms with Crippen LogP contribution in [0.3, 0.4) is 0 Å². The second-order valence-corrected chi connectivity index (χ2v) is 14.4. The predicted molar refractivity (Wildman–Crippen MR) is 200 cm³/mol. The second kappa shape index (κ2) is 35.2. The van der Waals surface area contributed by atoms with Crippen molar-refractivity contribution in [1.29, 1.82) is 0 Å². The molecule has 0 spiro atoms. The Kier molecular flexibility index (Phi) is 34.4. The number of unbranched alkanes of at least 4 members (excludes halogenated alkanes) is 28. The number of amides is 1. The van der Waals surface area contributed by atoms with Gasteiger partial charge in [-0.15, -0.1) is 0 Å². The number of carbonyl (C=O) groups excluding carboxylic acids is 2. The highest BCUT2D eigenvalue weighted by molar-refractivity contribution is 5.76. The molecule has 0 aliphatic rings. The van der Waals surface area contributed by atoms with Gasteiger partial charge in [0, 0.05) is 12.8 Å². The molecule has 0 fully saturated rings. The van der Waals surface area contributed by atoms with Crippen molar-refractivity contribution in [3.63, 3.8) is 0 Å². The number of hydrogen-bond acceptors (Lipinski definition) is 4. The molecule has 1 amide bonds. The van der Waals surface area contributed by atoms with Crippen molar-refractivity contribution >= 4 is 11.9 Å². The summed E-state index contributed by atoms with van der Waals surface area (Å²) in [6.07, 6.45) is 40.2. The monoisotopic (exact) mass is 651 g/mol. The van der Waals surface area contributed by atoms with Crippen LogP contribution >= 0.6 is 0 Å². The Morgan fingerprint density at radius 1 is 0.478 bits per heavy atom. The molecule has 0 aromatic carbocycles. The summed E-state index contributed by atoms with van der Waals surface area (Å²) in [6, 6.07) is 0. The molecule has 0 aromatic heterocycles. The largest absolute Gasteiger partial charge is 0.447 e. The van der Waals surface area contributed by atoms with Crippen molar-refractivity contribution in [3.8, 4) is 0 Å². The van der Waals surface area contributed by atoms with Gasteiger partial charge in [-0.25, -0.2) is 0 Å². The van der Waals surface area contributed by atoms with Crippen LogP contribution in [0.2, 0.25) is 0 Å². The summed E-state index contributed by atoms with van der Waals surface area (Å²) in [5.41, 5.74) is 0. The van der Waals surface area contributed by atoms with Crippen molar-refractivity contribution in [2.45, 2.75) is 246 Å². The van der Waals surface area contributed by atoms with Gasteiger partial charge in [-0.3, -0.25) is 14.5 Å². The molecule has 0 saturated carbocycles. The SMILES string of the molecule is CCCCCCCCCCCCCCCCCC(=O)NC(C)N(C)C(C)OC(=O)CCCCCCCCCCCCCCCCC. The van der Waals surface area contributed by atoms with E-state index in [1.54, 1.807) is 0 Å². The molecule has 274 valence electrons. The average molecular weight is 651 g/mol. The molecule has 0 aliphatic heterocycles. The van der Waals surface area contributed by atoms with Gasteiger partial charge in [0.1, 0.15) is 0 Å². The molecule has 5 heteroatoms. The number of carbonyl (C=O) groups is 2. The molecule has 0 heterocycles. The third-order valence-electron chi connectivity index (χ3n) is 9.85.